The summed E-state index contributed by atoms with van der Waals surface area (Å²) in [5.74, 6) is -1.09. The van der Waals surface area contributed by atoms with Crippen molar-refractivity contribution >= 4 is 35.3 Å². The van der Waals surface area contributed by atoms with Crippen LogP contribution >= 0.6 is 23.4 Å². The predicted octanol–water partition coefficient (Wildman–Crippen LogP) is 5.50. The van der Waals surface area contributed by atoms with E-state index in [9.17, 15) is 9.59 Å². The minimum Gasteiger partial charge on any atom is -0.458 e. The topological polar surface area (TPSA) is 61.8 Å². The van der Waals surface area contributed by atoms with Crippen molar-refractivity contribution in [2.24, 2.45) is 5.92 Å². The van der Waals surface area contributed by atoms with E-state index in [1.807, 2.05) is 25.3 Å². The standard InChI is InChI=1S/C25H29ClO5S/c1-14-6-8-18(9-7-14)12-20-13-19(10-11-21(20)26)22-15(2)23(29-16(3)27)24(30-17(4)28)25(31-22)32-5/h6-11,13,15,22-25H,12H2,1-5H3/t15-,22+,23+,24-,25+/m0/s1. The van der Waals surface area contributed by atoms with E-state index in [1.165, 1.54) is 36.7 Å². The van der Waals surface area contributed by atoms with Gasteiger partial charge in [-0.3, -0.25) is 9.59 Å². The molecular weight excluding hydrogens is 448 g/mol. The third-order valence-electron chi connectivity index (χ3n) is 5.62. The number of esters is 2. The summed E-state index contributed by atoms with van der Waals surface area (Å²) < 4.78 is 17.5. The zero-order chi connectivity index (χ0) is 23.4. The first-order valence-corrected chi connectivity index (χ1v) is 12.2. The quantitative estimate of drug-likeness (QED) is 0.513. The molecule has 0 spiro atoms. The van der Waals surface area contributed by atoms with Gasteiger partial charge in [-0.15, -0.1) is 11.8 Å². The van der Waals surface area contributed by atoms with Gasteiger partial charge in [0.2, 0.25) is 0 Å². The molecule has 1 heterocycles. The van der Waals surface area contributed by atoms with Gasteiger partial charge in [0.15, 0.2) is 6.10 Å². The van der Waals surface area contributed by atoms with E-state index in [0.29, 0.717) is 11.4 Å². The highest BCUT2D eigenvalue weighted by Gasteiger charge is 2.48. The predicted molar refractivity (Wildman–Crippen MR) is 127 cm³/mol. The largest absolute Gasteiger partial charge is 0.458 e. The lowest BCUT2D eigenvalue weighted by atomic mass is 9.86. The highest BCUT2D eigenvalue weighted by Crippen LogP contribution is 2.42. The molecule has 1 aliphatic heterocycles. The lowest BCUT2D eigenvalue weighted by molar-refractivity contribution is -0.208. The Kier molecular flexibility index (Phi) is 8.26. The van der Waals surface area contributed by atoms with Gasteiger partial charge in [-0.2, -0.15) is 0 Å². The molecule has 2 aromatic rings. The van der Waals surface area contributed by atoms with Crippen LogP contribution in [0.5, 0.6) is 0 Å². The molecule has 2 aromatic carbocycles. The number of thioether (sulfide) groups is 1. The number of hydrogen-bond acceptors (Lipinski definition) is 6. The molecule has 1 saturated heterocycles. The first-order valence-electron chi connectivity index (χ1n) is 10.6. The van der Waals surface area contributed by atoms with Crippen molar-refractivity contribution in [3.05, 3.63) is 69.7 Å². The van der Waals surface area contributed by atoms with Crippen LogP contribution in [0, 0.1) is 12.8 Å². The number of carbonyl (C=O) groups excluding carboxylic acids is 2. The second-order valence-corrected chi connectivity index (χ2v) is 9.52. The van der Waals surface area contributed by atoms with Crippen molar-refractivity contribution in [1.82, 2.24) is 0 Å². The number of benzene rings is 2. The summed E-state index contributed by atoms with van der Waals surface area (Å²) in [5.41, 5.74) is 3.85. The van der Waals surface area contributed by atoms with E-state index in [-0.39, 0.29) is 12.0 Å². The van der Waals surface area contributed by atoms with Crippen LogP contribution in [-0.2, 0) is 30.2 Å². The normalized spacial score (nSPS) is 25.2. The molecule has 0 N–H and O–H groups in total. The molecule has 1 fully saturated rings. The van der Waals surface area contributed by atoms with Crippen molar-refractivity contribution in [3.8, 4) is 0 Å². The number of aryl methyl sites for hydroxylation is 1. The molecule has 5 nitrogen and oxygen atoms in total. The van der Waals surface area contributed by atoms with Crippen LogP contribution < -0.4 is 0 Å². The van der Waals surface area contributed by atoms with Crippen molar-refractivity contribution in [3.63, 3.8) is 0 Å². The van der Waals surface area contributed by atoms with Crippen LogP contribution in [0.4, 0.5) is 0 Å². The first-order chi connectivity index (χ1) is 15.2. The Hall–Kier alpha value is -2.02. The van der Waals surface area contributed by atoms with Crippen LogP contribution in [0.3, 0.4) is 0 Å². The summed E-state index contributed by atoms with van der Waals surface area (Å²) in [4.78, 5) is 23.5. The Labute approximate surface area is 198 Å². The molecule has 0 unspecified atom stereocenters. The summed E-state index contributed by atoms with van der Waals surface area (Å²) in [7, 11) is 0. The molecule has 32 heavy (non-hydrogen) atoms. The van der Waals surface area contributed by atoms with Crippen molar-refractivity contribution in [1.29, 1.82) is 0 Å². The second kappa shape index (κ2) is 10.7. The summed E-state index contributed by atoms with van der Waals surface area (Å²) in [6, 6.07) is 14.2. The average Bonchev–Trinajstić information content (AvgIpc) is 2.74. The molecule has 0 radical (unpaired) electrons. The van der Waals surface area contributed by atoms with Gasteiger partial charge in [0, 0.05) is 24.8 Å². The lowest BCUT2D eigenvalue weighted by Gasteiger charge is -2.44. The maximum Gasteiger partial charge on any atom is 0.303 e. The van der Waals surface area contributed by atoms with Gasteiger partial charge >= 0.3 is 11.9 Å². The summed E-state index contributed by atoms with van der Waals surface area (Å²) in [5, 5.41) is 0.688. The van der Waals surface area contributed by atoms with E-state index in [2.05, 4.69) is 37.3 Å². The van der Waals surface area contributed by atoms with Gasteiger partial charge in [0.05, 0.1) is 6.10 Å². The van der Waals surface area contributed by atoms with E-state index in [4.69, 9.17) is 25.8 Å². The molecule has 7 heteroatoms. The minimum absolute atomic E-state index is 0.236. The second-order valence-electron chi connectivity index (χ2n) is 8.18. The Morgan fingerprint density at radius 2 is 1.66 bits per heavy atom. The summed E-state index contributed by atoms with van der Waals surface area (Å²) in [6.07, 6.45) is 0.922. The van der Waals surface area contributed by atoms with E-state index in [0.717, 1.165) is 11.1 Å². The van der Waals surface area contributed by atoms with E-state index in [1.54, 1.807) is 0 Å². The van der Waals surface area contributed by atoms with Gasteiger partial charge in [0.25, 0.3) is 0 Å². The zero-order valence-corrected chi connectivity index (χ0v) is 20.5. The Bertz CT molecular complexity index is 961. The molecule has 3 rings (SSSR count). The third kappa shape index (κ3) is 5.85. The Morgan fingerprint density at radius 3 is 2.25 bits per heavy atom. The number of hydrogen-bond donors (Lipinski definition) is 0. The number of ether oxygens (including phenoxy) is 3. The Balaban J connectivity index is 1.92. The van der Waals surface area contributed by atoms with Crippen LogP contribution in [0.25, 0.3) is 0 Å². The van der Waals surface area contributed by atoms with Crippen molar-refractivity contribution in [2.45, 2.75) is 57.9 Å². The number of carbonyl (C=O) groups is 2. The third-order valence-corrected chi connectivity index (χ3v) is 6.83. The monoisotopic (exact) mass is 476 g/mol. The smallest absolute Gasteiger partial charge is 0.303 e. The molecule has 0 aliphatic carbocycles. The molecule has 5 atom stereocenters. The van der Waals surface area contributed by atoms with E-state index < -0.39 is 29.6 Å². The first kappa shape index (κ1) is 24.6. The zero-order valence-electron chi connectivity index (χ0n) is 19.0. The number of rotatable bonds is 6. The fourth-order valence-corrected chi connectivity index (χ4v) is 4.95. The summed E-state index contributed by atoms with van der Waals surface area (Å²) in [6.45, 7) is 6.71. The molecule has 0 bridgehead atoms. The number of halogens is 1. The Morgan fingerprint density at radius 1 is 1.03 bits per heavy atom. The van der Waals surface area contributed by atoms with Gasteiger partial charge < -0.3 is 14.2 Å². The van der Waals surface area contributed by atoms with Gasteiger partial charge in [-0.1, -0.05) is 60.5 Å². The molecule has 1 aliphatic rings. The minimum atomic E-state index is -0.683. The highest BCUT2D eigenvalue weighted by molar-refractivity contribution is 7.99. The van der Waals surface area contributed by atoms with Crippen LogP contribution in [0.15, 0.2) is 42.5 Å². The maximum atomic E-state index is 11.8. The molecule has 0 saturated carbocycles. The van der Waals surface area contributed by atoms with E-state index >= 15 is 0 Å². The van der Waals surface area contributed by atoms with Gasteiger partial charge in [-0.05, 0) is 42.4 Å². The van der Waals surface area contributed by atoms with Gasteiger partial charge in [-0.25, -0.2) is 0 Å². The fraction of sp³-hybridized carbons (Fsp3) is 0.440. The summed E-state index contributed by atoms with van der Waals surface area (Å²) >= 11 is 7.94. The molecule has 172 valence electrons. The average molecular weight is 477 g/mol. The SMILES string of the molecule is CS[C@H]1O[C@@H](c2ccc(Cl)c(Cc3ccc(C)cc3)c2)[C@H](C)[C@@H](OC(C)=O)[C@@H]1OC(C)=O. The van der Waals surface area contributed by atoms with Crippen LogP contribution in [-0.4, -0.2) is 35.8 Å². The molecule has 0 amide bonds. The van der Waals surface area contributed by atoms with Crippen molar-refractivity contribution in [2.75, 3.05) is 6.26 Å². The van der Waals surface area contributed by atoms with Gasteiger partial charge in [0.1, 0.15) is 11.5 Å². The fourth-order valence-electron chi connectivity index (χ4n) is 4.06. The highest BCUT2D eigenvalue weighted by atomic mass is 35.5. The van der Waals surface area contributed by atoms with Crippen LogP contribution in [0.1, 0.15) is 49.1 Å². The molecule has 0 aromatic heterocycles. The van der Waals surface area contributed by atoms with Crippen LogP contribution in [0.2, 0.25) is 5.02 Å². The van der Waals surface area contributed by atoms with Crippen molar-refractivity contribution < 1.29 is 23.8 Å². The lowest BCUT2D eigenvalue weighted by Crippen LogP contribution is -2.52. The maximum absolute atomic E-state index is 11.8. The molecular formula is C25H29ClO5S.